The van der Waals surface area contributed by atoms with Gasteiger partial charge in [0.1, 0.15) is 5.75 Å². The second-order valence-electron chi connectivity index (χ2n) is 4.38. The van der Waals surface area contributed by atoms with Gasteiger partial charge in [-0.25, -0.2) is 5.43 Å². The third-order valence-electron chi connectivity index (χ3n) is 2.10. The van der Waals surface area contributed by atoms with Crippen LogP contribution in [-0.2, 0) is 4.79 Å². The van der Waals surface area contributed by atoms with Gasteiger partial charge in [0.15, 0.2) is 6.61 Å². The first kappa shape index (κ1) is 16.2. The molecule has 0 aromatic heterocycles. The molecule has 0 unspecified atom stereocenters. The fraction of sp³-hybridized carbons (Fsp3) is 0.385. The van der Waals surface area contributed by atoms with Crippen molar-refractivity contribution in [2.45, 2.75) is 20.8 Å². The van der Waals surface area contributed by atoms with Crippen LogP contribution in [0.1, 0.15) is 19.4 Å². The zero-order valence-corrected chi connectivity index (χ0v) is 14.2. The summed E-state index contributed by atoms with van der Waals surface area (Å²) in [5.74, 6) is 0.668. The molecule has 104 valence electrons. The summed E-state index contributed by atoms with van der Waals surface area (Å²) in [6.07, 6.45) is 1.67. The van der Waals surface area contributed by atoms with Gasteiger partial charge in [-0.15, -0.1) is 0 Å². The lowest BCUT2D eigenvalue weighted by molar-refractivity contribution is -0.123. The summed E-state index contributed by atoms with van der Waals surface area (Å²) in [4.78, 5) is 11.5. The van der Waals surface area contributed by atoms with E-state index in [4.69, 9.17) is 4.74 Å². The number of amides is 1. The molecule has 1 rings (SSSR count). The predicted octanol–water partition coefficient (Wildman–Crippen LogP) is 3.66. The lowest BCUT2D eigenvalue weighted by atomic mass is 10.2. The van der Waals surface area contributed by atoms with Crippen LogP contribution < -0.4 is 10.2 Å². The quantitative estimate of drug-likeness (QED) is 0.615. The molecule has 1 amide bonds. The van der Waals surface area contributed by atoms with Gasteiger partial charge < -0.3 is 4.74 Å². The average Bonchev–Trinajstić information content (AvgIpc) is 2.26. The normalized spacial score (nSPS) is 11.1. The number of hydrogen-bond acceptors (Lipinski definition) is 3. The van der Waals surface area contributed by atoms with Gasteiger partial charge in [-0.05, 0) is 46.5 Å². The van der Waals surface area contributed by atoms with Crippen molar-refractivity contribution in [2.24, 2.45) is 11.0 Å². The molecule has 0 aliphatic heterocycles. The van der Waals surface area contributed by atoms with E-state index in [2.05, 4.69) is 42.4 Å². The molecule has 0 spiro atoms. The van der Waals surface area contributed by atoms with Gasteiger partial charge in [-0.2, -0.15) is 5.10 Å². The van der Waals surface area contributed by atoms with Gasteiger partial charge in [0, 0.05) is 10.7 Å². The maximum Gasteiger partial charge on any atom is 0.277 e. The van der Waals surface area contributed by atoms with Gasteiger partial charge in [0.05, 0.1) is 4.47 Å². The molecule has 0 saturated carbocycles. The number of halogens is 2. The van der Waals surface area contributed by atoms with Gasteiger partial charge in [0.25, 0.3) is 5.91 Å². The zero-order valence-electron chi connectivity index (χ0n) is 11.0. The van der Waals surface area contributed by atoms with Crippen LogP contribution in [0.25, 0.3) is 0 Å². The van der Waals surface area contributed by atoms with Gasteiger partial charge in [0.2, 0.25) is 0 Å². The van der Waals surface area contributed by atoms with Crippen LogP contribution in [0.3, 0.4) is 0 Å². The summed E-state index contributed by atoms with van der Waals surface area (Å²) in [7, 11) is 0. The van der Waals surface area contributed by atoms with Crippen LogP contribution in [0.15, 0.2) is 26.2 Å². The van der Waals surface area contributed by atoms with E-state index in [1.165, 1.54) is 0 Å². The van der Waals surface area contributed by atoms with E-state index in [1.807, 2.05) is 32.9 Å². The first-order valence-corrected chi connectivity index (χ1v) is 7.39. The van der Waals surface area contributed by atoms with Gasteiger partial charge in [-0.3, -0.25) is 4.79 Å². The minimum absolute atomic E-state index is 0.0729. The topological polar surface area (TPSA) is 50.7 Å². The van der Waals surface area contributed by atoms with Gasteiger partial charge >= 0.3 is 0 Å². The number of ether oxygens (including phenoxy) is 1. The van der Waals surface area contributed by atoms with Crippen LogP contribution in [0, 0.1) is 12.8 Å². The first-order valence-electron chi connectivity index (χ1n) is 5.80. The average molecular weight is 392 g/mol. The second kappa shape index (κ2) is 7.65. The van der Waals surface area contributed by atoms with E-state index in [9.17, 15) is 4.79 Å². The number of carbonyl (C=O) groups excluding carboxylic acids is 1. The molecule has 0 bridgehead atoms. The van der Waals surface area contributed by atoms with Crippen molar-refractivity contribution in [1.29, 1.82) is 0 Å². The molecule has 0 atom stereocenters. The Morgan fingerprint density at radius 3 is 2.74 bits per heavy atom. The molecule has 0 aliphatic carbocycles. The zero-order chi connectivity index (χ0) is 14.4. The van der Waals surface area contributed by atoms with Crippen LogP contribution >= 0.6 is 31.9 Å². The number of rotatable bonds is 5. The number of nitrogens with one attached hydrogen (secondary N) is 1. The molecule has 0 saturated heterocycles. The Morgan fingerprint density at radius 2 is 2.16 bits per heavy atom. The minimum atomic E-state index is -0.286. The number of hydrazone groups is 1. The Hall–Kier alpha value is -0.880. The highest BCUT2D eigenvalue weighted by atomic mass is 79.9. The standard InChI is InChI=1S/C13H16Br2N2O2/c1-8(2)6-16-17-12(18)7-19-13-9(3)4-10(14)5-11(13)15/h4-6,8H,7H2,1-3H3,(H,17,18)/b16-6+. The summed E-state index contributed by atoms with van der Waals surface area (Å²) in [5.41, 5.74) is 3.36. The van der Waals surface area contributed by atoms with Crippen LogP contribution in [0.4, 0.5) is 0 Å². The largest absolute Gasteiger partial charge is 0.482 e. The second-order valence-corrected chi connectivity index (χ2v) is 6.15. The van der Waals surface area contributed by atoms with E-state index in [-0.39, 0.29) is 12.5 Å². The molecule has 1 aromatic rings. The molecule has 19 heavy (non-hydrogen) atoms. The van der Waals surface area contributed by atoms with Crippen molar-refractivity contribution >= 4 is 44.0 Å². The summed E-state index contributed by atoms with van der Waals surface area (Å²) in [5, 5.41) is 3.82. The summed E-state index contributed by atoms with van der Waals surface area (Å²) in [6.45, 7) is 5.80. The SMILES string of the molecule is Cc1cc(Br)cc(Br)c1OCC(=O)N/N=C/C(C)C. The fourth-order valence-electron chi connectivity index (χ4n) is 1.30. The van der Waals surface area contributed by atoms with Gasteiger partial charge in [-0.1, -0.05) is 29.8 Å². The number of aryl methyl sites for hydroxylation is 1. The van der Waals surface area contributed by atoms with E-state index in [0.29, 0.717) is 11.7 Å². The Morgan fingerprint density at radius 1 is 1.47 bits per heavy atom. The molecule has 0 fully saturated rings. The van der Waals surface area contributed by atoms with Crippen molar-refractivity contribution < 1.29 is 9.53 Å². The Kier molecular flexibility index (Phi) is 6.51. The predicted molar refractivity (Wildman–Crippen MR) is 83.5 cm³/mol. The van der Waals surface area contributed by atoms with Crippen molar-refractivity contribution in [3.05, 3.63) is 26.6 Å². The lowest BCUT2D eigenvalue weighted by Gasteiger charge is -2.10. The Bertz CT molecular complexity index is 465. The number of benzene rings is 1. The molecule has 0 heterocycles. The monoisotopic (exact) mass is 390 g/mol. The number of nitrogens with zero attached hydrogens (tertiary/aromatic N) is 1. The molecule has 1 aromatic carbocycles. The van der Waals surface area contributed by atoms with E-state index < -0.39 is 0 Å². The highest BCUT2D eigenvalue weighted by Gasteiger charge is 2.09. The lowest BCUT2D eigenvalue weighted by Crippen LogP contribution is -2.25. The van der Waals surface area contributed by atoms with Crippen molar-refractivity contribution in [1.82, 2.24) is 5.43 Å². The molecule has 6 heteroatoms. The van der Waals surface area contributed by atoms with Crippen molar-refractivity contribution in [2.75, 3.05) is 6.61 Å². The smallest absolute Gasteiger partial charge is 0.277 e. The van der Waals surface area contributed by atoms with Crippen LogP contribution in [0.5, 0.6) is 5.75 Å². The Balaban J connectivity index is 2.55. The Labute approximate surface area is 129 Å². The molecule has 4 nitrogen and oxygen atoms in total. The van der Waals surface area contributed by atoms with Crippen molar-refractivity contribution in [3.8, 4) is 5.75 Å². The maximum absolute atomic E-state index is 11.5. The van der Waals surface area contributed by atoms with Crippen LogP contribution in [-0.4, -0.2) is 18.7 Å². The summed E-state index contributed by atoms with van der Waals surface area (Å²) >= 11 is 6.79. The van der Waals surface area contributed by atoms with Crippen LogP contribution in [0.2, 0.25) is 0 Å². The third-order valence-corrected chi connectivity index (χ3v) is 3.15. The maximum atomic E-state index is 11.5. The number of hydrogen-bond donors (Lipinski definition) is 1. The molecule has 0 aliphatic rings. The van der Waals surface area contributed by atoms with E-state index in [1.54, 1.807) is 6.21 Å². The fourth-order valence-corrected chi connectivity index (χ4v) is 2.85. The third kappa shape index (κ3) is 5.74. The van der Waals surface area contributed by atoms with Crippen molar-refractivity contribution in [3.63, 3.8) is 0 Å². The molecule has 0 radical (unpaired) electrons. The first-order chi connectivity index (χ1) is 8.90. The highest BCUT2D eigenvalue weighted by molar-refractivity contribution is 9.11. The van der Waals surface area contributed by atoms with E-state index >= 15 is 0 Å². The molecular formula is C13H16Br2N2O2. The molecule has 1 N–H and O–H groups in total. The van der Waals surface area contributed by atoms with E-state index in [0.717, 1.165) is 14.5 Å². The highest BCUT2D eigenvalue weighted by Crippen LogP contribution is 2.32. The summed E-state index contributed by atoms with van der Waals surface area (Å²) in [6, 6.07) is 3.80. The summed E-state index contributed by atoms with van der Waals surface area (Å²) < 4.78 is 7.25. The number of carbonyl (C=O) groups is 1. The molecular weight excluding hydrogens is 376 g/mol. The minimum Gasteiger partial charge on any atom is -0.482 e.